The highest BCUT2D eigenvalue weighted by Crippen LogP contribution is 2.60. The second-order valence-corrected chi connectivity index (χ2v) is 11.4. The summed E-state index contributed by atoms with van der Waals surface area (Å²) < 4.78 is 4.97. The molecule has 3 aromatic rings. The Balaban J connectivity index is 1.61. The molecule has 1 spiro atoms. The molecule has 34 heavy (non-hydrogen) atoms. The summed E-state index contributed by atoms with van der Waals surface area (Å²) in [6.45, 7) is 7.20. The van der Waals surface area contributed by atoms with Gasteiger partial charge in [0.05, 0.1) is 19.3 Å². The van der Waals surface area contributed by atoms with Crippen molar-refractivity contribution >= 4 is 29.3 Å². The molecule has 0 unspecified atom stereocenters. The number of nitrogens with zero attached hydrogens (tertiary/aromatic N) is 2. The Hall–Kier alpha value is -3.25. The van der Waals surface area contributed by atoms with E-state index in [-0.39, 0.29) is 16.6 Å². The number of anilines is 1. The maximum atomic E-state index is 14.3. The number of rotatable bonds is 4. The van der Waals surface area contributed by atoms with E-state index in [1.54, 1.807) is 48.0 Å². The average Bonchev–Trinajstić information content (AvgIpc) is 3.26. The van der Waals surface area contributed by atoms with Crippen LogP contribution in [0.3, 0.4) is 0 Å². The number of amides is 2. The quantitative estimate of drug-likeness (QED) is 0.512. The fourth-order valence-electron chi connectivity index (χ4n) is 4.96. The van der Waals surface area contributed by atoms with Crippen LogP contribution in [0.15, 0.2) is 72.8 Å². The first kappa shape index (κ1) is 22.5. The van der Waals surface area contributed by atoms with Gasteiger partial charge in [-0.1, -0.05) is 42.5 Å². The topological polar surface area (TPSA) is 49.9 Å². The van der Waals surface area contributed by atoms with Crippen molar-refractivity contribution in [1.29, 1.82) is 0 Å². The molecule has 1 atom stereocenters. The van der Waals surface area contributed by atoms with Crippen molar-refractivity contribution in [2.45, 2.75) is 36.9 Å². The van der Waals surface area contributed by atoms with Gasteiger partial charge in [0.15, 0.2) is 4.87 Å². The molecular formula is C28H28N2O3S. The molecule has 0 saturated carbocycles. The largest absolute Gasteiger partial charge is 0.497 e. The van der Waals surface area contributed by atoms with Crippen molar-refractivity contribution in [3.8, 4) is 5.75 Å². The third-order valence-electron chi connectivity index (χ3n) is 6.61. The lowest BCUT2D eigenvalue weighted by Gasteiger charge is -2.33. The van der Waals surface area contributed by atoms with Crippen molar-refractivity contribution < 1.29 is 14.3 Å². The Morgan fingerprint density at radius 1 is 1.00 bits per heavy atom. The molecule has 0 aliphatic carbocycles. The van der Waals surface area contributed by atoms with Crippen LogP contribution in [0, 0.1) is 6.92 Å². The van der Waals surface area contributed by atoms with E-state index in [0.29, 0.717) is 24.4 Å². The van der Waals surface area contributed by atoms with E-state index < -0.39 is 4.87 Å². The first-order valence-electron chi connectivity index (χ1n) is 11.4. The number of aryl methyl sites for hydroxylation is 1. The molecule has 0 N–H and O–H groups in total. The number of hydrogen-bond donors (Lipinski definition) is 0. The Morgan fingerprint density at radius 3 is 2.38 bits per heavy atom. The molecule has 0 aromatic heterocycles. The lowest BCUT2D eigenvalue weighted by atomic mass is 10.0. The van der Waals surface area contributed by atoms with Crippen LogP contribution in [0.5, 0.6) is 5.75 Å². The van der Waals surface area contributed by atoms with E-state index in [2.05, 4.69) is 32.9 Å². The fourth-order valence-corrected chi connectivity index (χ4v) is 6.69. The highest BCUT2D eigenvalue weighted by Gasteiger charge is 2.63. The number of carbonyl (C=O) groups excluding carboxylic acids is 2. The summed E-state index contributed by atoms with van der Waals surface area (Å²) in [5.41, 5.74) is 4.53. The molecule has 0 bridgehead atoms. The number of carbonyl (C=O) groups is 2. The van der Waals surface area contributed by atoms with E-state index in [1.165, 1.54) is 0 Å². The first-order chi connectivity index (χ1) is 16.3. The zero-order valence-electron chi connectivity index (χ0n) is 19.9. The minimum absolute atomic E-state index is 0.0608. The van der Waals surface area contributed by atoms with Crippen LogP contribution in [-0.2, 0) is 16.2 Å². The number of ether oxygens (including phenoxy) is 1. The minimum atomic E-state index is -1.10. The lowest BCUT2D eigenvalue weighted by molar-refractivity contribution is -0.123. The van der Waals surface area contributed by atoms with Gasteiger partial charge in [0.2, 0.25) is 0 Å². The fraction of sp³-hybridized carbons (Fsp3) is 0.286. The third kappa shape index (κ3) is 3.48. The van der Waals surface area contributed by atoms with Gasteiger partial charge in [-0.05, 0) is 62.2 Å². The van der Waals surface area contributed by atoms with Gasteiger partial charge >= 0.3 is 0 Å². The van der Waals surface area contributed by atoms with Crippen LogP contribution in [0.1, 0.15) is 40.9 Å². The molecule has 5 nitrogen and oxygen atoms in total. The Bertz CT molecular complexity index is 1270. The monoisotopic (exact) mass is 472 g/mol. The summed E-state index contributed by atoms with van der Waals surface area (Å²) in [4.78, 5) is 30.7. The summed E-state index contributed by atoms with van der Waals surface area (Å²) in [5.74, 6) is 0.477. The van der Waals surface area contributed by atoms with Crippen molar-refractivity contribution in [1.82, 2.24) is 4.90 Å². The molecule has 174 valence electrons. The third-order valence-corrected chi connectivity index (χ3v) is 8.20. The second-order valence-electron chi connectivity index (χ2n) is 9.46. The molecule has 2 amide bonds. The number of benzene rings is 3. The van der Waals surface area contributed by atoms with Gasteiger partial charge in [0.1, 0.15) is 5.75 Å². The van der Waals surface area contributed by atoms with Gasteiger partial charge in [-0.15, -0.1) is 11.8 Å². The highest BCUT2D eigenvalue weighted by atomic mass is 32.2. The SMILES string of the molecule is COc1ccc(C(=O)N2CC(C)(C)S[C@]23C(=O)N(Cc2ccccc2C)c2ccccc23)cc1. The summed E-state index contributed by atoms with van der Waals surface area (Å²) in [7, 11) is 1.60. The number of thioether (sulfide) groups is 1. The highest BCUT2D eigenvalue weighted by molar-refractivity contribution is 8.02. The van der Waals surface area contributed by atoms with Crippen LogP contribution in [0.25, 0.3) is 0 Å². The molecule has 0 radical (unpaired) electrons. The number of methoxy groups -OCH3 is 1. The summed E-state index contributed by atoms with van der Waals surface area (Å²) >= 11 is 1.58. The summed E-state index contributed by atoms with van der Waals surface area (Å²) in [6.07, 6.45) is 0. The van der Waals surface area contributed by atoms with Crippen LogP contribution >= 0.6 is 11.8 Å². The van der Waals surface area contributed by atoms with Crippen LogP contribution in [-0.4, -0.2) is 35.1 Å². The van der Waals surface area contributed by atoms with E-state index in [4.69, 9.17) is 4.74 Å². The first-order valence-corrected chi connectivity index (χ1v) is 12.2. The van der Waals surface area contributed by atoms with Crippen molar-refractivity contribution in [2.24, 2.45) is 0 Å². The van der Waals surface area contributed by atoms with Crippen molar-refractivity contribution in [2.75, 3.05) is 18.6 Å². The molecule has 1 fully saturated rings. The van der Waals surface area contributed by atoms with Gasteiger partial charge in [0, 0.05) is 22.4 Å². The molecular weight excluding hydrogens is 444 g/mol. The Morgan fingerprint density at radius 2 is 1.68 bits per heavy atom. The summed E-state index contributed by atoms with van der Waals surface area (Å²) in [6, 6.07) is 23.1. The maximum Gasteiger partial charge on any atom is 0.268 e. The Kier molecular flexibility index (Phi) is 5.44. The molecule has 1 saturated heterocycles. The predicted molar refractivity (Wildman–Crippen MR) is 136 cm³/mol. The van der Waals surface area contributed by atoms with Gasteiger partial charge in [0.25, 0.3) is 11.8 Å². The van der Waals surface area contributed by atoms with Crippen LogP contribution in [0.2, 0.25) is 0 Å². The molecule has 2 aliphatic heterocycles. The molecule has 6 heteroatoms. The van der Waals surface area contributed by atoms with E-state index >= 15 is 0 Å². The van der Waals surface area contributed by atoms with Crippen LogP contribution < -0.4 is 9.64 Å². The zero-order chi connectivity index (χ0) is 24.1. The molecule has 2 aliphatic rings. The van der Waals surface area contributed by atoms with Gasteiger partial charge in [-0.2, -0.15) is 0 Å². The van der Waals surface area contributed by atoms with Crippen LogP contribution in [0.4, 0.5) is 5.69 Å². The molecule has 2 heterocycles. The molecule has 3 aromatic carbocycles. The van der Waals surface area contributed by atoms with E-state index in [0.717, 1.165) is 22.4 Å². The average molecular weight is 473 g/mol. The van der Waals surface area contributed by atoms with Gasteiger partial charge in [-0.25, -0.2) is 0 Å². The summed E-state index contributed by atoms with van der Waals surface area (Å²) in [5, 5.41) is 0. The molecule has 5 rings (SSSR count). The van der Waals surface area contributed by atoms with Crippen molar-refractivity contribution in [3.05, 3.63) is 95.1 Å². The van der Waals surface area contributed by atoms with Gasteiger partial charge in [-0.3, -0.25) is 9.59 Å². The zero-order valence-corrected chi connectivity index (χ0v) is 20.7. The number of fused-ring (bicyclic) bond motifs is 2. The predicted octanol–water partition coefficient (Wildman–Crippen LogP) is 5.37. The van der Waals surface area contributed by atoms with Crippen molar-refractivity contribution in [3.63, 3.8) is 0 Å². The van der Waals surface area contributed by atoms with Gasteiger partial charge < -0.3 is 14.5 Å². The standard InChI is InChI=1S/C28H28N2O3S/c1-19-9-5-6-10-21(19)17-29-24-12-8-7-11-23(24)28(26(29)32)30(18-27(2,3)34-28)25(31)20-13-15-22(33-4)16-14-20/h5-16H,17-18H2,1-4H3/t28-/m1/s1. The number of para-hydroxylation sites is 1. The lowest BCUT2D eigenvalue weighted by Crippen LogP contribution is -2.50. The minimum Gasteiger partial charge on any atom is -0.497 e. The smallest absolute Gasteiger partial charge is 0.268 e. The number of hydrogen-bond acceptors (Lipinski definition) is 4. The van der Waals surface area contributed by atoms with E-state index in [1.807, 2.05) is 41.3 Å². The second kappa shape index (κ2) is 8.20. The van der Waals surface area contributed by atoms with E-state index in [9.17, 15) is 9.59 Å². The Labute approximate surface area is 204 Å². The maximum absolute atomic E-state index is 14.3. The normalized spacial score (nSPS) is 20.6.